The summed E-state index contributed by atoms with van der Waals surface area (Å²) in [5.41, 5.74) is 8.71. The van der Waals surface area contributed by atoms with Crippen LogP contribution in [0.3, 0.4) is 0 Å². The Bertz CT molecular complexity index is 1440. The van der Waals surface area contributed by atoms with Crippen molar-refractivity contribution >= 4 is 37.6 Å². The Morgan fingerprint density at radius 3 is 2.05 bits per heavy atom. The summed E-state index contributed by atoms with van der Waals surface area (Å²) in [7, 11) is -4.07. The number of amides is 1. The molecule has 0 aliphatic rings. The highest BCUT2D eigenvalue weighted by Gasteiger charge is 2.38. The number of carbonyl (C=O) groups is 2. The number of primary amides is 1. The summed E-state index contributed by atoms with van der Waals surface area (Å²) >= 11 is 3.13. The number of carbonyl (C=O) groups excluding carboxylic acids is 2. The van der Waals surface area contributed by atoms with Gasteiger partial charge in [0, 0.05) is 24.6 Å². The van der Waals surface area contributed by atoms with E-state index in [1.807, 2.05) is 76.2 Å². The van der Waals surface area contributed by atoms with Crippen LogP contribution in [0.4, 0.5) is 0 Å². The number of nitrogens with two attached hydrogens (primary N) is 1. The molecule has 42 heavy (non-hydrogen) atoms. The molecule has 10 heteroatoms. The number of hydrogen-bond donors (Lipinski definition) is 2. The summed E-state index contributed by atoms with van der Waals surface area (Å²) in [5, 5.41) is 11.8. The third-order valence-electron chi connectivity index (χ3n) is 7.03. The van der Waals surface area contributed by atoms with Gasteiger partial charge >= 0.3 is 0 Å². The maximum absolute atomic E-state index is 13.8. The van der Waals surface area contributed by atoms with Crippen LogP contribution in [0.15, 0.2) is 77.7 Å². The van der Waals surface area contributed by atoms with E-state index in [9.17, 15) is 23.1 Å². The molecule has 0 bridgehead atoms. The summed E-state index contributed by atoms with van der Waals surface area (Å²) in [6.45, 7) is 7.31. The summed E-state index contributed by atoms with van der Waals surface area (Å²) < 4.78 is 35.1. The van der Waals surface area contributed by atoms with Gasteiger partial charge in [0.15, 0.2) is 11.9 Å². The number of aryl methyl sites for hydroxylation is 2. The molecular weight excluding hydrogens is 620 g/mol. The van der Waals surface area contributed by atoms with E-state index in [4.69, 9.17) is 10.5 Å². The van der Waals surface area contributed by atoms with Gasteiger partial charge in [0.05, 0.1) is 16.3 Å². The van der Waals surface area contributed by atoms with E-state index in [-0.39, 0.29) is 41.4 Å². The second-order valence-electron chi connectivity index (χ2n) is 10.9. The van der Waals surface area contributed by atoms with Gasteiger partial charge in [0.2, 0.25) is 10.0 Å². The maximum Gasteiger partial charge on any atom is 0.258 e. The van der Waals surface area contributed by atoms with Gasteiger partial charge in [0.25, 0.3) is 5.91 Å². The maximum atomic E-state index is 13.8. The van der Waals surface area contributed by atoms with E-state index >= 15 is 0 Å². The van der Waals surface area contributed by atoms with Gasteiger partial charge in [-0.2, -0.15) is 4.31 Å². The highest BCUT2D eigenvalue weighted by atomic mass is 79.9. The predicted octanol–water partition coefficient (Wildman–Crippen LogP) is 4.68. The number of aliphatic hydroxyl groups excluding tert-OH is 1. The average molecular weight is 660 g/mol. The van der Waals surface area contributed by atoms with Crippen LogP contribution < -0.4 is 10.5 Å². The number of nitrogens with zero attached hydrogens (tertiary/aromatic N) is 1. The van der Waals surface area contributed by atoms with Crippen LogP contribution in [0.2, 0.25) is 0 Å². The van der Waals surface area contributed by atoms with E-state index in [1.54, 1.807) is 0 Å². The van der Waals surface area contributed by atoms with Crippen LogP contribution in [-0.2, 0) is 21.2 Å². The summed E-state index contributed by atoms with van der Waals surface area (Å²) in [4.78, 5) is 24.9. The number of Topliss-reactive ketones (excluding diaryl/α,β-unsaturated/α-hetero) is 1. The summed E-state index contributed by atoms with van der Waals surface area (Å²) in [6, 6.07) is 20.6. The molecule has 0 heterocycles. The number of alkyl halides is 1. The lowest BCUT2D eigenvalue weighted by molar-refractivity contribution is -0.129. The van der Waals surface area contributed by atoms with Crippen LogP contribution in [0, 0.1) is 25.7 Å². The number of sulfonamides is 1. The molecule has 0 fully saturated rings. The molecule has 0 saturated carbocycles. The molecule has 0 spiro atoms. The van der Waals surface area contributed by atoms with Crippen LogP contribution in [0.1, 0.15) is 40.9 Å². The van der Waals surface area contributed by atoms with Gasteiger partial charge in [-0.15, -0.1) is 0 Å². The highest BCUT2D eigenvalue weighted by Crippen LogP contribution is 2.29. The summed E-state index contributed by atoms with van der Waals surface area (Å²) in [6.07, 6.45) is -2.33. The number of halogens is 1. The second kappa shape index (κ2) is 14.9. The van der Waals surface area contributed by atoms with Crippen molar-refractivity contribution in [1.29, 1.82) is 0 Å². The van der Waals surface area contributed by atoms with Gasteiger partial charge in [-0.05, 0) is 55.0 Å². The molecule has 3 aromatic carbocycles. The lowest BCUT2D eigenvalue weighted by Gasteiger charge is -2.34. The Morgan fingerprint density at radius 2 is 1.52 bits per heavy atom. The van der Waals surface area contributed by atoms with Crippen molar-refractivity contribution < 1.29 is 27.9 Å². The molecule has 0 aromatic heterocycles. The van der Waals surface area contributed by atoms with Crippen LogP contribution in [0.5, 0.6) is 5.75 Å². The molecule has 3 aromatic rings. The van der Waals surface area contributed by atoms with Crippen LogP contribution in [0.25, 0.3) is 0 Å². The monoisotopic (exact) mass is 658 g/mol. The lowest BCUT2D eigenvalue weighted by atomic mass is 9.88. The number of benzene rings is 3. The lowest BCUT2D eigenvalue weighted by Crippen LogP contribution is -2.50. The first-order chi connectivity index (χ1) is 19.8. The van der Waals surface area contributed by atoms with Gasteiger partial charge in [0.1, 0.15) is 5.75 Å². The van der Waals surface area contributed by atoms with Crippen molar-refractivity contribution in [2.24, 2.45) is 17.6 Å². The number of para-hydroxylation sites is 1. The molecule has 0 saturated heterocycles. The highest BCUT2D eigenvalue weighted by molar-refractivity contribution is 9.09. The minimum absolute atomic E-state index is 0.000631. The zero-order valence-corrected chi connectivity index (χ0v) is 26.8. The Hall–Kier alpha value is -3.05. The molecule has 1 unspecified atom stereocenters. The SMILES string of the molecule is Cc1cccc(C)c1OC(C(N)=O)[C@@H](Cc1ccccc1)[C@@H](O)CN(CC(C)C)S(=O)(=O)c1ccc(C(=O)CBr)cc1. The number of rotatable bonds is 15. The first-order valence-electron chi connectivity index (χ1n) is 13.8. The Morgan fingerprint density at radius 1 is 0.929 bits per heavy atom. The van der Waals surface area contributed by atoms with Crippen LogP contribution in [-0.4, -0.2) is 60.1 Å². The molecule has 0 aliphatic carbocycles. The molecule has 0 aliphatic heterocycles. The zero-order valence-electron chi connectivity index (χ0n) is 24.4. The molecule has 226 valence electrons. The fourth-order valence-electron chi connectivity index (χ4n) is 4.86. The van der Waals surface area contributed by atoms with Crippen molar-refractivity contribution in [3.8, 4) is 5.75 Å². The van der Waals surface area contributed by atoms with E-state index in [0.29, 0.717) is 11.3 Å². The fraction of sp³-hybridized carbons (Fsp3) is 0.375. The number of ether oxygens (including phenoxy) is 1. The second-order valence-corrected chi connectivity index (χ2v) is 13.4. The number of aliphatic hydroxyl groups is 1. The van der Waals surface area contributed by atoms with E-state index in [2.05, 4.69) is 15.9 Å². The quantitative estimate of drug-likeness (QED) is 0.180. The first kappa shape index (κ1) is 33.5. The molecule has 3 N–H and O–H groups in total. The molecule has 1 amide bonds. The summed E-state index contributed by atoms with van der Waals surface area (Å²) in [5.74, 6) is -1.36. The predicted molar refractivity (Wildman–Crippen MR) is 167 cm³/mol. The van der Waals surface area contributed by atoms with Crippen molar-refractivity contribution in [2.75, 3.05) is 18.4 Å². The Balaban J connectivity index is 2.00. The first-order valence-corrected chi connectivity index (χ1v) is 16.3. The van der Waals surface area contributed by atoms with Gasteiger partial charge < -0.3 is 15.6 Å². The van der Waals surface area contributed by atoms with E-state index in [1.165, 1.54) is 28.6 Å². The van der Waals surface area contributed by atoms with Crippen molar-refractivity contribution in [1.82, 2.24) is 4.31 Å². The van der Waals surface area contributed by atoms with Gasteiger partial charge in [-0.1, -0.05) is 90.4 Å². The van der Waals surface area contributed by atoms with Gasteiger partial charge in [-0.25, -0.2) is 8.42 Å². The largest absolute Gasteiger partial charge is 0.480 e. The topological polar surface area (TPSA) is 127 Å². The molecular formula is C32H39BrN2O6S. The van der Waals surface area contributed by atoms with E-state index < -0.39 is 34.1 Å². The normalized spacial score (nSPS) is 14.0. The Kier molecular flexibility index (Phi) is 11.9. The minimum Gasteiger partial charge on any atom is -0.480 e. The molecule has 8 nitrogen and oxygen atoms in total. The van der Waals surface area contributed by atoms with Crippen molar-refractivity contribution in [3.63, 3.8) is 0 Å². The zero-order chi connectivity index (χ0) is 31.0. The van der Waals surface area contributed by atoms with Crippen LogP contribution >= 0.6 is 15.9 Å². The molecule has 0 radical (unpaired) electrons. The Labute approximate surface area is 257 Å². The average Bonchev–Trinajstić information content (AvgIpc) is 2.95. The smallest absolute Gasteiger partial charge is 0.258 e. The number of hydrogen-bond acceptors (Lipinski definition) is 6. The third kappa shape index (κ3) is 8.50. The number of ketones is 1. The fourth-order valence-corrected chi connectivity index (χ4v) is 6.81. The standard InChI is InChI=1S/C32H39BrN2O6S/c1-21(2)19-35(42(39,40)26-15-13-25(14-16-26)28(36)18-33)20-29(37)27(17-24-11-6-5-7-12-24)31(32(34)38)41-30-22(3)9-8-10-23(30)4/h5-16,21,27,29,31,37H,17-20H2,1-4H3,(H2,34,38)/t27-,29-,31?/m0/s1. The van der Waals surface area contributed by atoms with Crippen molar-refractivity contribution in [2.45, 2.75) is 51.2 Å². The van der Waals surface area contributed by atoms with E-state index in [0.717, 1.165) is 16.7 Å². The molecule has 3 atom stereocenters. The minimum atomic E-state index is -4.07. The molecule has 3 rings (SSSR count). The van der Waals surface area contributed by atoms with Crippen molar-refractivity contribution in [3.05, 3.63) is 95.1 Å². The third-order valence-corrected chi connectivity index (χ3v) is 9.38. The van der Waals surface area contributed by atoms with Gasteiger partial charge in [-0.3, -0.25) is 9.59 Å².